The summed E-state index contributed by atoms with van der Waals surface area (Å²) in [6.45, 7) is 3.65. The molecule has 2 aromatic carbocycles. The molecule has 0 atom stereocenters. The molecule has 0 aliphatic heterocycles. The molecule has 142 valence electrons. The highest BCUT2D eigenvalue weighted by atomic mass is 16.6. The maximum Gasteiger partial charge on any atom is 0.338 e. The molecule has 0 fully saturated rings. The van der Waals surface area contributed by atoms with Crippen LogP contribution >= 0.6 is 0 Å². The number of rotatable bonds is 7. The summed E-state index contributed by atoms with van der Waals surface area (Å²) in [5, 5.41) is 16.3. The van der Waals surface area contributed by atoms with E-state index in [9.17, 15) is 19.7 Å². The van der Waals surface area contributed by atoms with Crippen molar-refractivity contribution in [3.63, 3.8) is 0 Å². The van der Waals surface area contributed by atoms with Gasteiger partial charge in [-0.3, -0.25) is 14.9 Å². The summed E-state index contributed by atoms with van der Waals surface area (Å²) in [4.78, 5) is 34.4. The third-order valence-electron chi connectivity index (χ3n) is 3.89. The number of nitrogens with one attached hydrogen (secondary N) is 2. The van der Waals surface area contributed by atoms with Gasteiger partial charge in [0.25, 0.3) is 11.6 Å². The number of hydrogen-bond donors (Lipinski definition) is 2. The lowest BCUT2D eigenvalue weighted by molar-refractivity contribution is -0.384. The summed E-state index contributed by atoms with van der Waals surface area (Å²) in [7, 11) is 1.54. The van der Waals surface area contributed by atoms with Crippen LogP contribution in [0.4, 0.5) is 17.1 Å². The van der Waals surface area contributed by atoms with Crippen molar-refractivity contribution in [2.24, 2.45) is 0 Å². The van der Waals surface area contributed by atoms with E-state index < -0.39 is 23.4 Å². The molecule has 0 unspecified atom stereocenters. The van der Waals surface area contributed by atoms with E-state index in [1.54, 1.807) is 19.2 Å². The van der Waals surface area contributed by atoms with Crippen molar-refractivity contribution >= 4 is 28.9 Å². The molecule has 8 nitrogen and oxygen atoms in total. The zero-order chi connectivity index (χ0) is 20.0. The van der Waals surface area contributed by atoms with E-state index in [0.717, 1.165) is 11.6 Å². The first-order valence-corrected chi connectivity index (χ1v) is 8.35. The Bertz CT molecular complexity index is 847. The summed E-state index contributed by atoms with van der Waals surface area (Å²) < 4.78 is 4.94. The molecule has 0 aromatic heterocycles. The molecule has 0 spiro atoms. The first-order valence-electron chi connectivity index (χ1n) is 8.35. The highest BCUT2D eigenvalue weighted by molar-refractivity contribution is 5.96. The SMILES string of the molecule is CNc1ccc(C(=O)OCC(=O)Nc2ccc(C(C)C)cc2)cc1[N+](=O)[O-]. The monoisotopic (exact) mass is 371 g/mol. The van der Waals surface area contributed by atoms with Crippen LogP contribution in [0.1, 0.15) is 35.7 Å². The van der Waals surface area contributed by atoms with Crippen molar-refractivity contribution in [2.75, 3.05) is 24.3 Å². The minimum atomic E-state index is -0.814. The molecule has 0 aliphatic carbocycles. The zero-order valence-corrected chi connectivity index (χ0v) is 15.3. The van der Waals surface area contributed by atoms with E-state index >= 15 is 0 Å². The van der Waals surface area contributed by atoms with Crippen LogP contribution in [0.25, 0.3) is 0 Å². The molecule has 2 N–H and O–H groups in total. The number of hydrogen-bond acceptors (Lipinski definition) is 6. The molecule has 2 aromatic rings. The van der Waals surface area contributed by atoms with Crippen molar-refractivity contribution in [1.82, 2.24) is 0 Å². The van der Waals surface area contributed by atoms with Gasteiger partial charge in [-0.25, -0.2) is 4.79 Å². The van der Waals surface area contributed by atoms with Crippen LogP contribution in [0.3, 0.4) is 0 Å². The quantitative estimate of drug-likeness (QED) is 0.437. The highest BCUT2D eigenvalue weighted by Crippen LogP contribution is 2.25. The molecule has 1 amide bonds. The smallest absolute Gasteiger partial charge is 0.338 e. The Hall–Kier alpha value is -3.42. The largest absolute Gasteiger partial charge is 0.452 e. The third-order valence-corrected chi connectivity index (χ3v) is 3.89. The summed E-state index contributed by atoms with van der Waals surface area (Å²) in [5.41, 5.74) is 1.76. The normalized spacial score (nSPS) is 10.4. The van der Waals surface area contributed by atoms with Crippen LogP contribution in [-0.2, 0) is 9.53 Å². The number of benzene rings is 2. The third kappa shape index (κ3) is 5.27. The van der Waals surface area contributed by atoms with Gasteiger partial charge in [-0.15, -0.1) is 0 Å². The second kappa shape index (κ2) is 8.79. The Balaban J connectivity index is 1.95. The molecule has 0 saturated heterocycles. The van der Waals surface area contributed by atoms with E-state index in [4.69, 9.17) is 4.74 Å². The fourth-order valence-corrected chi connectivity index (χ4v) is 2.38. The lowest BCUT2D eigenvalue weighted by Crippen LogP contribution is -2.21. The Morgan fingerprint density at radius 1 is 1.15 bits per heavy atom. The van der Waals surface area contributed by atoms with Crippen molar-refractivity contribution in [2.45, 2.75) is 19.8 Å². The Morgan fingerprint density at radius 2 is 1.81 bits per heavy atom. The first kappa shape index (κ1) is 19.9. The van der Waals surface area contributed by atoms with E-state index in [1.165, 1.54) is 12.1 Å². The Morgan fingerprint density at radius 3 is 2.37 bits per heavy atom. The molecule has 0 aliphatic rings. The van der Waals surface area contributed by atoms with Gasteiger partial charge in [-0.1, -0.05) is 26.0 Å². The number of nitro groups is 1. The topological polar surface area (TPSA) is 111 Å². The fraction of sp³-hybridized carbons (Fsp3) is 0.263. The Labute approximate surface area is 156 Å². The first-order chi connectivity index (χ1) is 12.8. The van der Waals surface area contributed by atoms with Crippen LogP contribution in [0.2, 0.25) is 0 Å². The minimum Gasteiger partial charge on any atom is -0.452 e. The molecule has 0 radical (unpaired) electrons. The summed E-state index contributed by atoms with van der Waals surface area (Å²) >= 11 is 0. The van der Waals surface area contributed by atoms with Gasteiger partial charge in [0, 0.05) is 18.8 Å². The average Bonchev–Trinajstić information content (AvgIpc) is 2.65. The average molecular weight is 371 g/mol. The van der Waals surface area contributed by atoms with Gasteiger partial charge in [0.05, 0.1) is 10.5 Å². The molecular formula is C19H21N3O5. The zero-order valence-electron chi connectivity index (χ0n) is 15.3. The predicted octanol–water partition coefficient (Wildman–Crippen LogP) is 3.56. The highest BCUT2D eigenvalue weighted by Gasteiger charge is 2.18. The number of carbonyl (C=O) groups is 2. The summed E-state index contributed by atoms with van der Waals surface area (Å²) in [6, 6.07) is 11.3. The lowest BCUT2D eigenvalue weighted by Gasteiger charge is -2.09. The second-order valence-corrected chi connectivity index (χ2v) is 6.14. The van der Waals surface area contributed by atoms with Gasteiger partial charge in [0.2, 0.25) is 0 Å². The maximum atomic E-state index is 12.1. The van der Waals surface area contributed by atoms with Gasteiger partial charge in [-0.05, 0) is 35.7 Å². The number of amides is 1. The van der Waals surface area contributed by atoms with Crippen molar-refractivity contribution in [3.8, 4) is 0 Å². The van der Waals surface area contributed by atoms with Crippen molar-refractivity contribution in [3.05, 3.63) is 63.7 Å². The van der Waals surface area contributed by atoms with E-state index in [-0.39, 0.29) is 16.9 Å². The molecule has 0 heterocycles. The van der Waals surface area contributed by atoms with E-state index in [1.807, 2.05) is 12.1 Å². The molecule has 2 rings (SSSR count). The molecular weight excluding hydrogens is 350 g/mol. The van der Waals surface area contributed by atoms with Crippen LogP contribution in [0.5, 0.6) is 0 Å². The minimum absolute atomic E-state index is 0.00483. The maximum absolute atomic E-state index is 12.1. The van der Waals surface area contributed by atoms with Gasteiger partial charge in [0.15, 0.2) is 6.61 Å². The second-order valence-electron chi connectivity index (χ2n) is 6.14. The van der Waals surface area contributed by atoms with E-state index in [2.05, 4.69) is 24.5 Å². The van der Waals surface area contributed by atoms with Crippen molar-refractivity contribution in [1.29, 1.82) is 0 Å². The van der Waals surface area contributed by atoms with Gasteiger partial charge in [0.1, 0.15) is 5.69 Å². The van der Waals surface area contributed by atoms with Gasteiger partial charge in [-0.2, -0.15) is 0 Å². The number of anilines is 2. The molecule has 8 heteroatoms. The number of ether oxygens (including phenoxy) is 1. The number of nitrogens with zero attached hydrogens (tertiary/aromatic N) is 1. The van der Waals surface area contributed by atoms with E-state index in [0.29, 0.717) is 11.6 Å². The van der Waals surface area contributed by atoms with Crippen LogP contribution in [-0.4, -0.2) is 30.5 Å². The fourth-order valence-electron chi connectivity index (χ4n) is 2.38. The number of esters is 1. The number of carbonyl (C=O) groups excluding carboxylic acids is 2. The van der Waals surface area contributed by atoms with Gasteiger partial charge >= 0.3 is 5.97 Å². The van der Waals surface area contributed by atoms with Crippen LogP contribution in [0, 0.1) is 10.1 Å². The summed E-state index contributed by atoms with van der Waals surface area (Å²) in [6.07, 6.45) is 0. The summed E-state index contributed by atoms with van der Waals surface area (Å²) in [5.74, 6) is -0.929. The number of nitro benzene ring substituents is 1. The molecule has 0 bridgehead atoms. The Kier molecular flexibility index (Phi) is 6.48. The van der Waals surface area contributed by atoms with Crippen LogP contribution in [0.15, 0.2) is 42.5 Å². The van der Waals surface area contributed by atoms with Crippen molar-refractivity contribution < 1.29 is 19.2 Å². The molecule has 0 saturated carbocycles. The van der Waals surface area contributed by atoms with Gasteiger partial charge < -0.3 is 15.4 Å². The standard InChI is InChI=1S/C19H21N3O5/c1-12(2)13-4-7-15(8-5-13)21-18(23)11-27-19(24)14-6-9-16(20-3)17(10-14)22(25)26/h4-10,12,20H,11H2,1-3H3,(H,21,23). The lowest BCUT2D eigenvalue weighted by atomic mass is 10.0. The van der Waals surface area contributed by atoms with Crippen LogP contribution < -0.4 is 10.6 Å². The molecule has 27 heavy (non-hydrogen) atoms. The predicted molar refractivity (Wildman–Crippen MR) is 102 cm³/mol.